The van der Waals surface area contributed by atoms with Crippen LogP contribution in [0.5, 0.6) is 11.5 Å². The molecule has 2 aromatic rings. The van der Waals surface area contributed by atoms with Gasteiger partial charge >= 0.3 is 6.03 Å². The number of nitrogens with one attached hydrogen (secondary N) is 1. The van der Waals surface area contributed by atoms with Crippen LogP contribution in [-0.4, -0.2) is 30.7 Å². The number of ether oxygens (including phenoxy) is 2. The van der Waals surface area contributed by atoms with Crippen molar-refractivity contribution in [2.75, 3.05) is 19.8 Å². The summed E-state index contributed by atoms with van der Waals surface area (Å²) in [4.78, 5) is 14.6. The fourth-order valence-electron chi connectivity index (χ4n) is 3.50. The summed E-state index contributed by atoms with van der Waals surface area (Å²) in [6.07, 6.45) is 1.98. The molecule has 1 atom stereocenters. The van der Waals surface area contributed by atoms with E-state index in [9.17, 15) is 4.79 Å². The topological polar surface area (TPSA) is 50.8 Å². The molecule has 4 rings (SSSR count). The fraction of sp³-hybridized carbons (Fsp3) is 0.350. The number of amides is 2. The first kappa shape index (κ1) is 15.8. The molecule has 1 N–H and O–H groups in total. The molecule has 1 saturated heterocycles. The predicted octanol–water partition coefficient (Wildman–Crippen LogP) is 3.50. The maximum absolute atomic E-state index is 12.7. The van der Waals surface area contributed by atoms with Gasteiger partial charge in [0.25, 0.3) is 0 Å². The Balaban J connectivity index is 1.45. The molecule has 0 aromatic heterocycles. The number of carbonyl (C=O) groups is 1. The SMILES string of the molecule is O=C(NCc1ccccc1)N1CCCC1c1ccc2c(c1)OCCO2. The van der Waals surface area contributed by atoms with Gasteiger partial charge in [0, 0.05) is 13.1 Å². The van der Waals surface area contributed by atoms with Crippen LogP contribution >= 0.6 is 0 Å². The molecule has 1 fully saturated rings. The van der Waals surface area contributed by atoms with Crippen molar-refractivity contribution in [1.29, 1.82) is 0 Å². The largest absolute Gasteiger partial charge is 0.486 e. The Morgan fingerprint density at radius 1 is 1.08 bits per heavy atom. The molecular weight excluding hydrogens is 316 g/mol. The summed E-state index contributed by atoms with van der Waals surface area (Å²) in [5, 5.41) is 3.03. The molecule has 130 valence electrons. The molecule has 0 spiro atoms. The number of benzene rings is 2. The summed E-state index contributed by atoms with van der Waals surface area (Å²) in [5.41, 5.74) is 2.21. The summed E-state index contributed by atoms with van der Waals surface area (Å²) in [6, 6.07) is 16.1. The Morgan fingerprint density at radius 3 is 2.72 bits per heavy atom. The third kappa shape index (κ3) is 3.40. The van der Waals surface area contributed by atoms with Gasteiger partial charge in [-0.05, 0) is 36.1 Å². The van der Waals surface area contributed by atoms with E-state index in [0.717, 1.165) is 42.0 Å². The van der Waals surface area contributed by atoms with Gasteiger partial charge in [-0.25, -0.2) is 4.79 Å². The highest BCUT2D eigenvalue weighted by Crippen LogP contribution is 2.38. The highest BCUT2D eigenvalue weighted by molar-refractivity contribution is 5.75. The number of nitrogens with zero attached hydrogens (tertiary/aromatic N) is 1. The second kappa shape index (κ2) is 7.05. The van der Waals surface area contributed by atoms with Crippen molar-refractivity contribution in [2.24, 2.45) is 0 Å². The Kier molecular flexibility index (Phi) is 4.46. The molecule has 25 heavy (non-hydrogen) atoms. The Labute approximate surface area is 147 Å². The van der Waals surface area contributed by atoms with Gasteiger partial charge in [0.05, 0.1) is 6.04 Å². The maximum atomic E-state index is 12.7. The van der Waals surface area contributed by atoms with Crippen molar-refractivity contribution in [1.82, 2.24) is 10.2 Å². The Bertz CT molecular complexity index is 748. The van der Waals surface area contributed by atoms with E-state index in [1.807, 2.05) is 53.4 Å². The minimum atomic E-state index is -0.0127. The van der Waals surface area contributed by atoms with Crippen LogP contribution in [0, 0.1) is 0 Å². The zero-order valence-electron chi connectivity index (χ0n) is 14.1. The van der Waals surface area contributed by atoms with Gasteiger partial charge in [-0.1, -0.05) is 36.4 Å². The highest BCUT2D eigenvalue weighted by atomic mass is 16.6. The smallest absolute Gasteiger partial charge is 0.318 e. The average molecular weight is 338 g/mol. The van der Waals surface area contributed by atoms with Crippen molar-refractivity contribution in [3.63, 3.8) is 0 Å². The normalized spacial score (nSPS) is 18.9. The van der Waals surface area contributed by atoms with Crippen molar-refractivity contribution < 1.29 is 14.3 Å². The van der Waals surface area contributed by atoms with Gasteiger partial charge in [0.15, 0.2) is 11.5 Å². The van der Waals surface area contributed by atoms with Crippen LogP contribution in [-0.2, 0) is 6.54 Å². The number of rotatable bonds is 3. The third-order valence-corrected chi connectivity index (χ3v) is 4.75. The van der Waals surface area contributed by atoms with E-state index in [1.54, 1.807) is 0 Å². The quantitative estimate of drug-likeness (QED) is 0.932. The van der Waals surface area contributed by atoms with Gasteiger partial charge in [0.2, 0.25) is 0 Å². The lowest BCUT2D eigenvalue weighted by Crippen LogP contribution is -2.39. The first-order chi connectivity index (χ1) is 12.3. The maximum Gasteiger partial charge on any atom is 0.318 e. The second-order valence-corrected chi connectivity index (χ2v) is 6.40. The van der Waals surface area contributed by atoms with Gasteiger partial charge in [-0.15, -0.1) is 0 Å². The lowest BCUT2D eigenvalue weighted by atomic mass is 10.0. The van der Waals surface area contributed by atoms with Crippen LogP contribution in [0.4, 0.5) is 4.79 Å². The number of hydrogen-bond acceptors (Lipinski definition) is 3. The molecule has 0 radical (unpaired) electrons. The summed E-state index contributed by atoms with van der Waals surface area (Å²) in [6.45, 7) is 2.48. The van der Waals surface area contributed by atoms with Crippen LogP contribution in [0.2, 0.25) is 0 Å². The van der Waals surface area contributed by atoms with E-state index in [-0.39, 0.29) is 12.1 Å². The number of fused-ring (bicyclic) bond motifs is 1. The molecule has 0 aliphatic carbocycles. The molecule has 2 heterocycles. The summed E-state index contributed by atoms with van der Waals surface area (Å²) in [7, 11) is 0. The third-order valence-electron chi connectivity index (χ3n) is 4.75. The van der Waals surface area contributed by atoms with E-state index in [4.69, 9.17) is 9.47 Å². The first-order valence-electron chi connectivity index (χ1n) is 8.79. The lowest BCUT2D eigenvalue weighted by molar-refractivity contribution is 0.170. The highest BCUT2D eigenvalue weighted by Gasteiger charge is 2.30. The van der Waals surface area contributed by atoms with Gasteiger partial charge in [-0.2, -0.15) is 0 Å². The van der Waals surface area contributed by atoms with Crippen LogP contribution in [0.1, 0.15) is 30.0 Å². The van der Waals surface area contributed by atoms with Crippen molar-refractivity contribution >= 4 is 6.03 Å². The number of hydrogen-bond donors (Lipinski definition) is 1. The van der Waals surface area contributed by atoms with E-state index in [1.165, 1.54) is 0 Å². The molecule has 2 aromatic carbocycles. The van der Waals surface area contributed by atoms with Crippen LogP contribution in [0.15, 0.2) is 48.5 Å². The number of carbonyl (C=O) groups excluding carboxylic acids is 1. The van der Waals surface area contributed by atoms with Gasteiger partial charge in [-0.3, -0.25) is 0 Å². The van der Waals surface area contributed by atoms with E-state index in [2.05, 4.69) is 5.32 Å². The fourth-order valence-corrected chi connectivity index (χ4v) is 3.50. The molecular formula is C20H22N2O3. The van der Waals surface area contributed by atoms with Crippen LogP contribution in [0.3, 0.4) is 0 Å². The van der Waals surface area contributed by atoms with E-state index in [0.29, 0.717) is 19.8 Å². The first-order valence-corrected chi connectivity index (χ1v) is 8.79. The summed E-state index contributed by atoms with van der Waals surface area (Å²) >= 11 is 0. The van der Waals surface area contributed by atoms with Gasteiger partial charge in [0.1, 0.15) is 13.2 Å². The van der Waals surface area contributed by atoms with Crippen molar-refractivity contribution in [2.45, 2.75) is 25.4 Å². The molecule has 5 heteroatoms. The zero-order valence-corrected chi connectivity index (χ0v) is 14.1. The van der Waals surface area contributed by atoms with Crippen LogP contribution in [0.25, 0.3) is 0 Å². The van der Waals surface area contributed by atoms with Crippen LogP contribution < -0.4 is 14.8 Å². The van der Waals surface area contributed by atoms with E-state index < -0.39 is 0 Å². The zero-order chi connectivity index (χ0) is 17.1. The predicted molar refractivity (Wildman–Crippen MR) is 94.8 cm³/mol. The molecule has 2 amide bonds. The van der Waals surface area contributed by atoms with Crippen molar-refractivity contribution in [3.8, 4) is 11.5 Å². The average Bonchev–Trinajstić information content (AvgIpc) is 3.16. The van der Waals surface area contributed by atoms with Gasteiger partial charge < -0.3 is 19.7 Å². The second-order valence-electron chi connectivity index (χ2n) is 6.40. The summed E-state index contributed by atoms with van der Waals surface area (Å²) < 4.78 is 11.3. The number of likely N-dealkylation sites (tertiary alicyclic amines) is 1. The molecule has 5 nitrogen and oxygen atoms in total. The monoisotopic (exact) mass is 338 g/mol. The minimum absolute atomic E-state index is 0.0127. The molecule has 0 bridgehead atoms. The molecule has 2 aliphatic rings. The van der Waals surface area contributed by atoms with E-state index >= 15 is 0 Å². The number of urea groups is 1. The Morgan fingerprint density at radius 2 is 1.88 bits per heavy atom. The minimum Gasteiger partial charge on any atom is -0.486 e. The molecule has 0 saturated carbocycles. The lowest BCUT2D eigenvalue weighted by Gasteiger charge is -2.27. The Hall–Kier alpha value is -2.69. The molecule has 2 aliphatic heterocycles. The molecule has 1 unspecified atom stereocenters. The standard InChI is InChI=1S/C20H22N2O3/c23-20(21-14-15-5-2-1-3-6-15)22-10-4-7-17(22)16-8-9-18-19(13-16)25-12-11-24-18/h1-3,5-6,8-9,13,17H,4,7,10-12,14H2,(H,21,23). The van der Waals surface area contributed by atoms with Crippen molar-refractivity contribution in [3.05, 3.63) is 59.7 Å². The summed E-state index contributed by atoms with van der Waals surface area (Å²) in [5.74, 6) is 1.56.